The largest absolute Gasteiger partial charge is 0.468 e. The molecule has 5 nitrogen and oxygen atoms in total. The Morgan fingerprint density at radius 3 is 2.86 bits per heavy atom. The smallest absolute Gasteiger partial charge is 0.319 e. The molecule has 1 aromatic carbocycles. The third kappa shape index (κ3) is 4.84. The molecule has 0 spiro atoms. The van der Waals surface area contributed by atoms with Gasteiger partial charge in [-0.2, -0.15) is 5.10 Å². The Hall–Kier alpha value is -1.37. The number of nitrogens with zero attached hydrogens (tertiary/aromatic N) is 3. The Morgan fingerprint density at radius 1 is 1.48 bits per heavy atom. The highest BCUT2D eigenvalue weighted by molar-refractivity contribution is 9.10. The number of methoxy groups -OCH3 is 1. The highest BCUT2D eigenvalue weighted by Gasteiger charge is 2.14. The Labute approximate surface area is 136 Å². The molecule has 2 aromatic rings. The monoisotopic (exact) mass is 371 g/mol. The van der Waals surface area contributed by atoms with Crippen molar-refractivity contribution in [1.29, 1.82) is 0 Å². The van der Waals surface area contributed by atoms with E-state index in [0.29, 0.717) is 18.2 Å². The third-order valence-corrected chi connectivity index (χ3v) is 3.66. The van der Waals surface area contributed by atoms with Crippen LogP contribution in [-0.4, -0.2) is 34.3 Å². The number of carbonyl (C=O) groups is 1. The first kappa shape index (κ1) is 16.0. The van der Waals surface area contributed by atoms with Gasteiger partial charge in [0.1, 0.15) is 0 Å². The first-order valence-electron chi connectivity index (χ1n) is 6.29. The first-order chi connectivity index (χ1) is 10.1. The van der Waals surface area contributed by atoms with Crippen molar-refractivity contribution in [2.75, 3.05) is 13.7 Å². The Balaban J connectivity index is 2.11. The van der Waals surface area contributed by atoms with Crippen molar-refractivity contribution in [3.05, 3.63) is 51.7 Å². The van der Waals surface area contributed by atoms with Crippen LogP contribution in [0, 0.1) is 0 Å². The van der Waals surface area contributed by atoms with Crippen LogP contribution in [0.1, 0.15) is 5.56 Å². The van der Waals surface area contributed by atoms with Crippen LogP contribution >= 0.6 is 27.5 Å². The number of halogens is 2. The zero-order valence-corrected chi connectivity index (χ0v) is 13.8. The number of benzene rings is 1. The number of carbonyl (C=O) groups excluding carboxylic acids is 1. The summed E-state index contributed by atoms with van der Waals surface area (Å²) in [6, 6.07) is 7.56. The number of ether oxygens (including phenoxy) is 1. The molecular weight excluding hydrogens is 358 g/mol. The van der Waals surface area contributed by atoms with Crippen molar-refractivity contribution in [2.24, 2.45) is 0 Å². The number of hydrogen-bond acceptors (Lipinski definition) is 4. The lowest BCUT2D eigenvalue weighted by Crippen LogP contribution is -2.32. The number of esters is 1. The second-order valence-corrected chi connectivity index (χ2v) is 5.82. The maximum Gasteiger partial charge on any atom is 0.319 e. The highest BCUT2D eigenvalue weighted by atomic mass is 79.9. The number of hydrogen-bond donors (Lipinski definition) is 0. The molecule has 0 unspecified atom stereocenters. The zero-order valence-electron chi connectivity index (χ0n) is 11.5. The van der Waals surface area contributed by atoms with Gasteiger partial charge < -0.3 is 4.74 Å². The highest BCUT2D eigenvalue weighted by Crippen LogP contribution is 2.17. The predicted octanol–water partition coefficient (Wildman–Crippen LogP) is 2.93. The molecule has 0 saturated carbocycles. The lowest BCUT2D eigenvalue weighted by molar-refractivity contribution is -0.142. The van der Waals surface area contributed by atoms with Crippen molar-refractivity contribution < 1.29 is 9.53 Å². The summed E-state index contributed by atoms with van der Waals surface area (Å²) in [6.07, 6.45) is 3.54. The van der Waals surface area contributed by atoms with Crippen LogP contribution < -0.4 is 0 Å². The molecule has 0 aliphatic carbocycles. The van der Waals surface area contributed by atoms with E-state index < -0.39 is 0 Å². The topological polar surface area (TPSA) is 47.4 Å². The summed E-state index contributed by atoms with van der Waals surface area (Å²) in [5.74, 6) is -0.298. The van der Waals surface area contributed by atoms with Gasteiger partial charge in [0, 0.05) is 17.8 Å². The summed E-state index contributed by atoms with van der Waals surface area (Å²) >= 11 is 9.52. The van der Waals surface area contributed by atoms with Crippen LogP contribution in [0.3, 0.4) is 0 Å². The fourth-order valence-corrected chi connectivity index (χ4v) is 2.41. The van der Waals surface area contributed by atoms with E-state index in [9.17, 15) is 4.79 Å². The van der Waals surface area contributed by atoms with Gasteiger partial charge in [0.2, 0.25) is 0 Å². The van der Waals surface area contributed by atoms with Crippen molar-refractivity contribution in [2.45, 2.75) is 13.2 Å². The molecular formula is C14H15BrClN3O2. The minimum atomic E-state index is -0.298. The summed E-state index contributed by atoms with van der Waals surface area (Å²) in [5, 5.41) is 4.87. The number of rotatable bonds is 6. The molecule has 2 rings (SSSR count). The van der Waals surface area contributed by atoms with Crippen LogP contribution in [0.5, 0.6) is 0 Å². The Bertz CT molecular complexity index is 618. The summed E-state index contributed by atoms with van der Waals surface area (Å²) < 4.78 is 7.37. The van der Waals surface area contributed by atoms with Crippen molar-refractivity contribution in [3.8, 4) is 0 Å². The molecule has 0 amide bonds. The van der Waals surface area contributed by atoms with Crippen molar-refractivity contribution >= 4 is 33.5 Å². The molecule has 1 aromatic heterocycles. The molecule has 0 saturated heterocycles. The van der Waals surface area contributed by atoms with Gasteiger partial charge in [0.05, 0.1) is 31.0 Å². The first-order valence-corrected chi connectivity index (χ1v) is 7.46. The van der Waals surface area contributed by atoms with Gasteiger partial charge in [-0.15, -0.1) is 0 Å². The standard InChI is InChI=1S/C14H15BrClN3O2/c1-21-14(20)9-18(10-19-8-12(15)6-17-19)7-11-4-2-3-5-13(11)16/h2-6,8H,7,9-10H2,1H3. The lowest BCUT2D eigenvalue weighted by atomic mass is 10.2. The summed E-state index contributed by atoms with van der Waals surface area (Å²) in [5.41, 5.74) is 0.953. The third-order valence-electron chi connectivity index (χ3n) is 2.88. The molecule has 0 aliphatic rings. The summed E-state index contributed by atoms with van der Waals surface area (Å²) in [4.78, 5) is 13.5. The average molecular weight is 373 g/mol. The SMILES string of the molecule is COC(=O)CN(Cc1ccccc1Cl)Cn1cc(Br)cn1. The van der Waals surface area contributed by atoms with Crippen LogP contribution in [0.2, 0.25) is 5.02 Å². The maximum atomic E-state index is 11.6. The molecule has 1 heterocycles. The van der Waals surface area contributed by atoms with Crippen molar-refractivity contribution in [3.63, 3.8) is 0 Å². The molecule has 0 fully saturated rings. The summed E-state index contributed by atoms with van der Waals surface area (Å²) in [6.45, 7) is 1.16. The fraction of sp³-hybridized carbons (Fsp3) is 0.286. The van der Waals surface area contributed by atoms with E-state index in [1.807, 2.05) is 35.4 Å². The van der Waals surface area contributed by atoms with Gasteiger partial charge in [0.15, 0.2) is 0 Å². The van der Waals surface area contributed by atoms with E-state index in [0.717, 1.165) is 10.0 Å². The minimum absolute atomic E-state index is 0.166. The molecule has 0 atom stereocenters. The van der Waals surface area contributed by atoms with Crippen molar-refractivity contribution in [1.82, 2.24) is 14.7 Å². The maximum absolute atomic E-state index is 11.6. The lowest BCUT2D eigenvalue weighted by Gasteiger charge is -2.21. The van der Waals surface area contributed by atoms with Gasteiger partial charge in [-0.3, -0.25) is 14.4 Å². The van der Waals surface area contributed by atoms with Crippen LogP contribution in [-0.2, 0) is 22.7 Å². The zero-order chi connectivity index (χ0) is 15.2. The van der Waals surface area contributed by atoms with Gasteiger partial charge in [-0.25, -0.2) is 0 Å². The van der Waals surface area contributed by atoms with Crippen LogP contribution in [0.25, 0.3) is 0 Å². The van der Waals surface area contributed by atoms with Gasteiger partial charge in [-0.1, -0.05) is 29.8 Å². The molecule has 0 bridgehead atoms. The van der Waals surface area contributed by atoms with E-state index in [1.165, 1.54) is 7.11 Å². The molecule has 0 aliphatic heterocycles. The fourth-order valence-electron chi connectivity index (χ4n) is 1.89. The molecule has 0 N–H and O–H groups in total. The van der Waals surface area contributed by atoms with E-state index >= 15 is 0 Å². The summed E-state index contributed by atoms with van der Waals surface area (Å²) in [7, 11) is 1.38. The minimum Gasteiger partial charge on any atom is -0.468 e. The van der Waals surface area contributed by atoms with E-state index in [1.54, 1.807) is 10.9 Å². The second kappa shape index (κ2) is 7.59. The average Bonchev–Trinajstić information content (AvgIpc) is 2.86. The Morgan fingerprint density at radius 2 is 2.24 bits per heavy atom. The predicted molar refractivity (Wildman–Crippen MR) is 83.8 cm³/mol. The van der Waals surface area contributed by atoms with Crippen LogP contribution in [0.4, 0.5) is 0 Å². The quantitative estimate of drug-likeness (QED) is 0.732. The van der Waals surface area contributed by atoms with E-state index in [2.05, 4.69) is 21.0 Å². The van der Waals surface area contributed by atoms with Gasteiger partial charge in [0.25, 0.3) is 0 Å². The second-order valence-electron chi connectivity index (χ2n) is 4.49. The molecule has 112 valence electrons. The van der Waals surface area contributed by atoms with E-state index in [4.69, 9.17) is 16.3 Å². The molecule has 21 heavy (non-hydrogen) atoms. The number of aromatic nitrogens is 2. The van der Waals surface area contributed by atoms with Crippen LogP contribution in [0.15, 0.2) is 41.1 Å². The van der Waals surface area contributed by atoms with Gasteiger partial charge >= 0.3 is 5.97 Å². The molecule has 7 heteroatoms. The molecule has 0 radical (unpaired) electrons. The van der Waals surface area contributed by atoms with Gasteiger partial charge in [-0.05, 0) is 27.6 Å². The normalized spacial score (nSPS) is 10.9. The Kier molecular flexibility index (Phi) is 5.78. The van der Waals surface area contributed by atoms with E-state index in [-0.39, 0.29) is 12.5 Å².